The molecular formula is C10H7BrFNO2. The lowest BCUT2D eigenvalue weighted by Gasteiger charge is -2.07. The highest BCUT2D eigenvalue weighted by molar-refractivity contribution is 9.10. The standard InChI is InChI=1S/C10H7BrFNO2/c11-7-1-2-8(9(12)4-7)6(5-13)3-10(14)15/h1-2,4,6H,3H2,(H,14,15)/t6-/m0/s1. The summed E-state index contributed by atoms with van der Waals surface area (Å²) in [6, 6.07) is 5.97. The first-order valence-electron chi connectivity index (χ1n) is 4.11. The highest BCUT2D eigenvalue weighted by Gasteiger charge is 2.18. The van der Waals surface area contributed by atoms with Gasteiger partial charge in [0.25, 0.3) is 0 Å². The maximum absolute atomic E-state index is 13.4. The van der Waals surface area contributed by atoms with Gasteiger partial charge in [0.05, 0.1) is 18.4 Å². The van der Waals surface area contributed by atoms with E-state index in [1.807, 2.05) is 0 Å². The SMILES string of the molecule is N#C[C@H](CC(=O)O)c1ccc(Br)cc1F. The van der Waals surface area contributed by atoms with Crippen LogP contribution in [0.5, 0.6) is 0 Å². The molecule has 0 unspecified atom stereocenters. The molecule has 1 aromatic carbocycles. The maximum Gasteiger partial charge on any atom is 0.305 e. The summed E-state index contributed by atoms with van der Waals surface area (Å²) in [5.41, 5.74) is 0.114. The fraction of sp³-hybridized carbons (Fsp3) is 0.200. The Kier molecular flexibility index (Phi) is 3.81. The van der Waals surface area contributed by atoms with E-state index in [0.29, 0.717) is 4.47 Å². The molecule has 0 saturated heterocycles. The molecule has 1 aromatic rings. The second-order valence-electron chi connectivity index (χ2n) is 2.95. The first-order chi connectivity index (χ1) is 7.04. The molecule has 1 N–H and O–H groups in total. The number of nitriles is 1. The quantitative estimate of drug-likeness (QED) is 0.920. The van der Waals surface area contributed by atoms with E-state index in [9.17, 15) is 9.18 Å². The van der Waals surface area contributed by atoms with E-state index in [2.05, 4.69) is 15.9 Å². The van der Waals surface area contributed by atoms with E-state index in [1.54, 1.807) is 12.1 Å². The molecule has 0 saturated carbocycles. The predicted octanol–water partition coefficient (Wildman–Crippen LogP) is 2.67. The van der Waals surface area contributed by atoms with Crippen LogP contribution in [-0.2, 0) is 4.79 Å². The van der Waals surface area contributed by atoms with Crippen LogP contribution in [0.1, 0.15) is 17.9 Å². The molecule has 0 aliphatic carbocycles. The molecule has 15 heavy (non-hydrogen) atoms. The molecule has 0 amide bonds. The number of rotatable bonds is 3. The topological polar surface area (TPSA) is 61.1 Å². The number of hydrogen-bond acceptors (Lipinski definition) is 2. The average molecular weight is 272 g/mol. The van der Waals surface area contributed by atoms with Crippen molar-refractivity contribution in [2.24, 2.45) is 0 Å². The van der Waals surface area contributed by atoms with Crippen LogP contribution < -0.4 is 0 Å². The first-order valence-corrected chi connectivity index (χ1v) is 4.90. The van der Waals surface area contributed by atoms with E-state index in [4.69, 9.17) is 10.4 Å². The zero-order valence-electron chi connectivity index (χ0n) is 7.58. The minimum absolute atomic E-state index is 0.114. The number of carbonyl (C=O) groups is 1. The molecule has 0 heterocycles. The van der Waals surface area contributed by atoms with Crippen LogP contribution in [-0.4, -0.2) is 11.1 Å². The Bertz CT molecular complexity index is 428. The molecule has 0 bridgehead atoms. The van der Waals surface area contributed by atoms with Gasteiger partial charge in [0.1, 0.15) is 5.82 Å². The van der Waals surface area contributed by atoms with Crippen molar-refractivity contribution in [3.8, 4) is 6.07 Å². The van der Waals surface area contributed by atoms with Gasteiger partial charge in [-0.2, -0.15) is 5.26 Å². The van der Waals surface area contributed by atoms with Crippen LogP contribution in [0.2, 0.25) is 0 Å². The Balaban J connectivity index is 3.03. The van der Waals surface area contributed by atoms with Crippen LogP contribution in [0.3, 0.4) is 0 Å². The van der Waals surface area contributed by atoms with Crippen LogP contribution in [0.25, 0.3) is 0 Å². The lowest BCUT2D eigenvalue weighted by atomic mass is 9.97. The molecule has 0 aliphatic rings. The minimum atomic E-state index is -1.12. The largest absolute Gasteiger partial charge is 0.481 e. The Morgan fingerprint density at radius 1 is 1.67 bits per heavy atom. The highest BCUT2D eigenvalue weighted by Crippen LogP contribution is 2.24. The van der Waals surface area contributed by atoms with Crippen LogP contribution >= 0.6 is 15.9 Å². The number of aliphatic carboxylic acids is 1. The summed E-state index contributed by atoms with van der Waals surface area (Å²) in [6.07, 6.45) is -0.394. The lowest BCUT2D eigenvalue weighted by molar-refractivity contribution is -0.137. The second kappa shape index (κ2) is 4.89. The van der Waals surface area contributed by atoms with Gasteiger partial charge in [-0.05, 0) is 12.1 Å². The summed E-state index contributed by atoms with van der Waals surface area (Å²) in [4.78, 5) is 10.4. The number of benzene rings is 1. The van der Waals surface area contributed by atoms with Gasteiger partial charge < -0.3 is 5.11 Å². The third-order valence-corrected chi connectivity index (χ3v) is 2.37. The van der Waals surface area contributed by atoms with Gasteiger partial charge in [-0.1, -0.05) is 22.0 Å². The van der Waals surface area contributed by atoms with Crippen molar-refractivity contribution >= 4 is 21.9 Å². The smallest absolute Gasteiger partial charge is 0.305 e. The van der Waals surface area contributed by atoms with E-state index in [0.717, 1.165) is 0 Å². The number of carboxylic acids is 1. The van der Waals surface area contributed by atoms with Gasteiger partial charge in [0, 0.05) is 10.0 Å². The molecule has 0 aliphatic heterocycles. The molecule has 5 heteroatoms. The van der Waals surface area contributed by atoms with Gasteiger partial charge in [0.2, 0.25) is 0 Å². The molecule has 0 spiro atoms. The van der Waals surface area contributed by atoms with Crippen molar-refractivity contribution in [3.63, 3.8) is 0 Å². The summed E-state index contributed by atoms with van der Waals surface area (Å²) in [6.45, 7) is 0. The van der Waals surface area contributed by atoms with Crippen molar-refractivity contribution in [2.45, 2.75) is 12.3 Å². The minimum Gasteiger partial charge on any atom is -0.481 e. The Labute approximate surface area is 94.3 Å². The monoisotopic (exact) mass is 271 g/mol. The molecule has 3 nitrogen and oxygen atoms in total. The molecule has 1 atom stereocenters. The molecule has 0 radical (unpaired) electrons. The van der Waals surface area contributed by atoms with Crippen molar-refractivity contribution in [1.29, 1.82) is 5.26 Å². The fourth-order valence-electron chi connectivity index (χ4n) is 1.18. The summed E-state index contributed by atoms with van der Waals surface area (Å²) < 4.78 is 13.9. The Morgan fingerprint density at radius 2 is 2.33 bits per heavy atom. The Morgan fingerprint density at radius 3 is 2.80 bits per heavy atom. The Hall–Kier alpha value is -1.41. The van der Waals surface area contributed by atoms with Gasteiger partial charge >= 0.3 is 5.97 Å². The molecule has 0 fully saturated rings. The van der Waals surface area contributed by atoms with E-state index in [1.165, 1.54) is 12.1 Å². The number of hydrogen-bond donors (Lipinski definition) is 1. The lowest BCUT2D eigenvalue weighted by Crippen LogP contribution is -2.06. The fourth-order valence-corrected chi connectivity index (χ4v) is 1.52. The van der Waals surface area contributed by atoms with Crippen LogP contribution in [0.4, 0.5) is 4.39 Å². The van der Waals surface area contributed by atoms with Crippen molar-refractivity contribution in [3.05, 3.63) is 34.1 Å². The third kappa shape index (κ3) is 3.03. The average Bonchev–Trinajstić information content (AvgIpc) is 2.14. The van der Waals surface area contributed by atoms with Crippen molar-refractivity contribution < 1.29 is 14.3 Å². The molecule has 78 valence electrons. The van der Waals surface area contributed by atoms with E-state index < -0.39 is 24.1 Å². The first kappa shape index (κ1) is 11.7. The zero-order chi connectivity index (χ0) is 11.4. The predicted molar refractivity (Wildman–Crippen MR) is 54.7 cm³/mol. The van der Waals surface area contributed by atoms with Crippen LogP contribution in [0.15, 0.2) is 22.7 Å². The highest BCUT2D eigenvalue weighted by atomic mass is 79.9. The van der Waals surface area contributed by atoms with E-state index >= 15 is 0 Å². The van der Waals surface area contributed by atoms with Crippen molar-refractivity contribution in [2.75, 3.05) is 0 Å². The zero-order valence-corrected chi connectivity index (χ0v) is 9.16. The third-order valence-electron chi connectivity index (χ3n) is 1.87. The normalized spacial score (nSPS) is 11.8. The van der Waals surface area contributed by atoms with Gasteiger partial charge in [-0.3, -0.25) is 4.79 Å². The second-order valence-corrected chi connectivity index (χ2v) is 3.86. The van der Waals surface area contributed by atoms with E-state index in [-0.39, 0.29) is 5.56 Å². The maximum atomic E-state index is 13.4. The van der Waals surface area contributed by atoms with Gasteiger partial charge in [0.15, 0.2) is 0 Å². The van der Waals surface area contributed by atoms with Gasteiger partial charge in [-0.25, -0.2) is 4.39 Å². The summed E-state index contributed by atoms with van der Waals surface area (Å²) in [5, 5.41) is 17.3. The van der Waals surface area contributed by atoms with Crippen molar-refractivity contribution in [1.82, 2.24) is 0 Å². The van der Waals surface area contributed by atoms with Gasteiger partial charge in [-0.15, -0.1) is 0 Å². The van der Waals surface area contributed by atoms with Crippen LogP contribution in [0, 0.1) is 17.1 Å². The summed E-state index contributed by atoms with van der Waals surface area (Å²) >= 11 is 3.08. The number of carboxylic acid groups (broad SMARTS) is 1. The molecule has 1 rings (SSSR count). The summed E-state index contributed by atoms with van der Waals surface area (Å²) in [7, 11) is 0. The number of nitrogens with zero attached hydrogens (tertiary/aromatic N) is 1. The molecule has 0 aromatic heterocycles. The number of halogens is 2. The summed E-state index contributed by atoms with van der Waals surface area (Å²) in [5.74, 6) is -2.64. The molecular weight excluding hydrogens is 265 g/mol.